The highest BCUT2D eigenvalue weighted by molar-refractivity contribution is 7.16. The first-order chi connectivity index (χ1) is 9.65. The number of likely N-dealkylation sites (N-methyl/N-ethyl adjacent to an activating group) is 1. The molecule has 0 radical (unpaired) electrons. The molecule has 0 saturated carbocycles. The summed E-state index contributed by atoms with van der Waals surface area (Å²) in [4.78, 5) is 17.3. The van der Waals surface area contributed by atoms with Crippen LogP contribution in [0, 0.1) is 10.1 Å². The molecule has 106 valence electrons. The zero-order valence-electron chi connectivity index (χ0n) is 11.1. The lowest BCUT2D eigenvalue weighted by Gasteiger charge is -2.32. The van der Waals surface area contributed by atoms with Gasteiger partial charge < -0.3 is 10.3 Å². The van der Waals surface area contributed by atoms with Crippen LogP contribution in [-0.2, 0) is 0 Å². The summed E-state index contributed by atoms with van der Waals surface area (Å²) >= 11 is 1.41. The number of nitrogens with one attached hydrogen (secondary N) is 1. The van der Waals surface area contributed by atoms with Crippen molar-refractivity contribution in [1.82, 2.24) is 14.9 Å². The Kier molecular flexibility index (Phi) is 3.51. The molecule has 1 aliphatic heterocycles. The molecule has 3 rings (SSSR count). The van der Waals surface area contributed by atoms with Crippen LogP contribution in [-0.4, -0.2) is 53.0 Å². The quantitative estimate of drug-likeness (QED) is 0.687. The first-order valence-electron chi connectivity index (χ1n) is 6.36. The molecule has 0 spiro atoms. The number of piperazine rings is 1. The summed E-state index contributed by atoms with van der Waals surface area (Å²) in [5, 5.41) is 13.3. The van der Waals surface area contributed by atoms with Gasteiger partial charge in [-0.1, -0.05) is 0 Å². The summed E-state index contributed by atoms with van der Waals surface area (Å²) in [7, 11) is 2.07. The Morgan fingerprint density at radius 1 is 1.35 bits per heavy atom. The van der Waals surface area contributed by atoms with Crippen molar-refractivity contribution in [3.8, 4) is 0 Å². The standard InChI is InChI=1S/C12H15N5O2S/c1-15-4-6-16(7-5-15)14-9-2-3-10-11(13-8-20-10)12(9)17(18)19/h2-3,8,14H,4-7H2,1H3. The highest BCUT2D eigenvalue weighted by atomic mass is 32.1. The fourth-order valence-corrected chi connectivity index (χ4v) is 2.96. The van der Waals surface area contributed by atoms with Crippen LogP contribution in [0.15, 0.2) is 17.6 Å². The number of hydrogen-bond donors (Lipinski definition) is 1. The number of benzene rings is 1. The predicted molar refractivity (Wildman–Crippen MR) is 79.0 cm³/mol. The van der Waals surface area contributed by atoms with Gasteiger partial charge in [-0.25, -0.2) is 9.99 Å². The van der Waals surface area contributed by atoms with Crippen LogP contribution < -0.4 is 5.43 Å². The van der Waals surface area contributed by atoms with Crippen LogP contribution >= 0.6 is 11.3 Å². The van der Waals surface area contributed by atoms with Gasteiger partial charge in [0.15, 0.2) is 5.52 Å². The summed E-state index contributed by atoms with van der Waals surface area (Å²) in [6, 6.07) is 3.63. The van der Waals surface area contributed by atoms with E-state index in [0.717, 1.165) is 30.9 Å². The largest absolute Gasteiger partial charge is 0.320 e. The molecule has 7 nitrogen and oxygen atoms in total. The number of rotatable bonds is 3. The molecule has 0 bridgehead atoms. The monoisotopic (exact) mass is 293 g/mol. The fraction of sp³-hybridized carbons (Fsp3) is 0.417. The molecule has 0 atom stereocenters. The zero-order valence-corrected chi connectivity index (χ0v) is 11.9. The summed E-state index contributed by atoms with van der Waals surface area (Å²) in [6.07, 6.45) is 0. The number of anilines is 1. The van der Waals surface area contributed by atoms with Gasteiger partial charge in [0, 0.05) is 26.2 Å². The average molecular weight is 293 g/mol. The highest BCUT2D eigenvalue weighted by Crippen LogP contribution is 2.34. The molecule has 1 N–H and O–H groups in total. The number of hydrazine groups is 1. The van der Waals surface area contributed by atoms with E-state index in [0.29, 0.717) is 11.2 Å². The molecule has 1 aromatic carbocycles. The molecule has 0 aliphatic carbocycles. The third-order valence-corrected chi connectivity index (χ3v) is 4.23. The van der Waals surface area contributed by atoms with Crippen LogP contribution in [0.1, 0.15) is 0 Å². The normalized spacial score (nSPS) is 17.4. The Morgan fingerprint density at radius 2 is 2.10 bits per heavy atom. The maximum Gasteiger partial charge on any atom is 0.320 e. The van der Waals surface area contributed by atoms with Gasteiger partial charge in [0.2, 0.25) is 0 Å². The lowest BCUT2D eigenvalue weighted by Crippen LogP contribution is -2.47. The first kappa shape index (κ1) is 13.2. The maximum atomic E-state index is 11.3. The van der Waals surface area contributed by atoms with Crippen molar-refractivity contribution < 1.29 is 4.92 Å². The SMILES string of the molecule is CN1CCN(Nc2ccc3scnc3c2[N+](=O)[O-])CC1. The molecular formula is C12H15N5O2S. The summed E-state index contributed by atoms with van der Waals surface area (Å²) < 4.78 is 0.834. The minimum absolute atomic E-state index is 0.0580. The Labute approximate surface area is 119 Å². The molecule has 0 amide bonds. The van der Waals surface area contributed by atoms with Crippen LogP contribution in [0.3, 0.4) is 0 Å². The molecule has 2 aromatic rings. The summed E-state index contributed by atoms with van der Waals surface area (Å²) in [5.41, 5.74) is 5.83. The molecule has 1 aliphatic rings. The minimum Gasteiger partial charge on any atom is -0.313 e. The third-order valence-electron chi connectivity index (χ3n) is 3.44. The Hall–Kier alpha value is -1.77. The molecule has 8 heteroatoms. The van der Waals surface area contributed by atoms with E-state index in [2.05, 4.69) is 22.4 Å². The molecule has 20 heavy (non-hydrogen) atoms. The van der Waals surface area contributed by atoms with Gasteiger partial charge in [0.05, 0.1) is 15.1 Å². The maximum absolute atomic E-state index is 11.3. The number of nitrogens with zero attached hydrogens (tertiary/aromatic N) is 4. The third kappa shape index (κ3) is 2.45. The lowest BCUT2D eigenvalue weighted by atomic mass is 10.2. The van der Waals surface area contributed by atoms with Gasteiger partial charge >= 0.3 is 5.69 Å². The van der Waals surface area contributed by atoms with Crippen molar-refractivity contribution >= 4 is 32.9 Å². The Balaban J connectivity index is 1.90. The Bertz CT molecular complexity index is 636. The van der Waals surface area contributed by atoms with Gasteiger partial charge in [-0.05, 0) is 19.2 Å². The highest BCUT2D eigenvalue weighted by Gasteiger charge is 2.23. The van der Waals surface area contributed by atoms with Gasteiger partial charge in [-0.15, -0.1) is 11.3 Å². The van der Waals surface area contributed by atoms with Crippen molar-refractivity contribution in [3.63, 3.8) is 0 Å². The van der Waals surface area contributed by atoms with Gasteiger partial charge in [-0.3, -0.25) is 10.1 Å². The van der Waals surface area contributed by atoms with E-state index in [1.165, 1.54) is 11.3 Å². The van der Waals surface area contributed by atoms with E-state index in [9.17, 15) is 10.1 Å². The molecule has 1 aromatic heterocycles. The summed E-state index contributed by atoms with van der Waals surface area (Å²) in [6.45, 7) is 3.56. The minimum atomic E-state index is -0.361. The summed E-state index contributed by atoms with van der Waals surface area (Å²) in [5.74, 6) is 0. The molecule has 2 heterocycles. The van der Waals surface area contributed by atoms with Gasteiger partial charge in [0.1, 0.15) is 5.69 Å². The molecule has 0 unspecified atom stereocenters. The molecule has 1 fully saturated rings. The second kappa shape index (κ2) is 5.31. The van der Waals surface area contributed by atoms with E-state index < -0.39 is 0 Å². The number of hydrogen-bond acceptors (Lipinski definition) is 7. The lowest BCUT2D eigenvalue weighted by molar-refractivity contribution is -0.382. The number of thiazole rings is 1. The van der Waals surface area contributed by atoms with E-state index >= 15 is 0 Å². The van der Waals surface area contributed by atoms with Gasteiger partial charge in [0.25, 0.3) is 0 Å². The first-order valence-corrected chi connectivity index (χ1v) is 7.24. The van der Waals surface area contributed by atoms with Crippen molar-refractivity contribution in [3.05, 3.63) is 27.8 Å². The van der Waals surface area contributed by atoms with Crippen LogP contribution in [0.25, 0.3) is 10.2 Å². The second-order valence-corrected chi connectivity index (χ2v) is 5.71. The van der Waals surface area contributed by atoms with Gasteiger partial charge in [-0.2, -0.15) is 0 Å². The van der Waals surface area contributed by atoms with E-state index in [-0.39, 0.29) is 10.6 Å². The van der Waals surface area contributed by atoms with Crippen LogP contribution in [0.4, 0.5) is 11.4 Å². The smallest absolute Gasteiger partial charge is 0.313 e. The van der Waals surface area contributed by atoms with E-state index in [1.807, 2.05) is 11.1 Å². The predicted octanol–water partition coefficient (Wildman–Crippen LogP) is 1.78. The Morgan fingerprint density at radius 3 is 2.80 bits per heavy atom. The molecular weight excluding hydrogens is 278 g/mol. The zero-order chi connectivity index (χ0) is 14.1. The number of nitro benzene ring substituents is 1. The molecule has 1 saturated heterocycles. The topological polar surface area (TPSA) is 74.5 Å². The number of fused-ring (bicyclic) bond motifs is 1. The van der Waals surface area contributed by atoms with Crippen molar-refractivity contribution in [2.75, 3.05) is 38.7 Å². The van der Waals surface area contributed by atoms with Crippen LogP contribution in [0.2, 0.25) is 0 Å². The van der Waals surface area contributed by atoms with E-state index in [1.54, 1.807) is 11.6 Å². The fourth-order valence-electron chi connectivity index (χ4n) is 2.28. The average Bonchev–Trinajstić information content (AvgIpc) is 2.89. The second-order valence-electron chi connectivity index (χ2n) is 4.82. The van der Waals surface area contributed by atoms with Crippen molar-refractivity contribution in [2.24, 2.45) is 0 Å². The number of nitro groups is 1. The van der Waals surface area contributed by atoms with Crippen molar-refractivity contribution in [1.29, 1.82) is 0 Å². The van der Waals surface area contributed by atoms with E-state index in [4.69, 9.17) is 0 Å². The number of aromatic nitrogens is 1. The van der Waals surface area contributed by atoms with Crippen molar-refractivity contribution in [2.45, 2.75) is 0 Å². The van der Waals surface area contributed by atoms with Crippen LogP contribution in [0.5, 0.6) is 0 Å².